The van der Waals surface area contributed by atoms with Crippen molar-refractivity contribution in [3.05, 3.63) is 35.4 Å². The van der Waals surface area contributed by atoms with Crippen LogP contribution < -0.4 is 5.32 Å². The number of hydrogen-bond donors (Lipinski definition) is 1. The quantitative estimate of drug-likeness (QED) is 0.855. The summed E-state index contributed by atoms with van der Waals surface area (Å²) in [7, 11) is 0. The molecule has 1 aliphatic heterocycles. The largest absolute Gasteiger partial charge is 0.312 e. The van der Waals surface area contributed by atoms with Crippen LogP contribution in [0.15, 0.2) is 24.3 Å². The maximum Gasteiger partial charge on any atom is 0.261 e. The minimum atomic E-state index is -0.156. The molecule has 1 N–H and O–H groups in total. The molecule has 1 aromatic carbocycles. The topological polar surface area (TPSA) is 49.4 Å². The number of benzene rings is 1. The zero-order valence-electron chi connectivity index (χ0n) is 11.6. The van der Waals surface area contributed by atoms with E-state index in [4.69, 9.17) is 0 Å². The lowest BCUT2D eigenvalue weighted by atomic mass is 9.95. The van der Waals surface area contributed by atoms with Gasteiger partial charge in [-0.1, -0.05) is 31.4 Å². The van der Waals surface area contributed by atoms with Crippen LogP contribution in [0.3, 0.4) is 0 Å². The average molecular weight is 272 g/mol. The second-order valence-electron chi connectivity index (χ2n) is 5.60. The molecule has 0 saturated heterocycles. The predicted octanol–water partition coefficient (Wildman–Crippen LogP) is 2.20. The van der Waals surface area contributed by atoms with Crippen LogP contribution in [0.25, 0.3) is 0 Å². The summed E-state index contributed by atoms with van der Waals surface area (Å²) in [6.07, 6.45) is 6.32. The summed E-state index contributed by atoms with van der Waals surface area (Å²) in [5, 5.41) is 3.47. The lowest BCUT2D eigenvalue weighted by molar-refractivity contribution is 0.0653. The van der Waals surface area contributed by atoms with E-state index in [1.807, 2.05) is 0 Å². The number of imide groups is 1. The monoisotopic (exact) mass is 272 g/mol. The first kappa shape index (κ1) is 13.3. The van der Waals surface area contributed by atoms with Crippen LogP contribution >= 0.6 is 0 Å². The van der Waals surface area contributed by atoms with Crippen molar-refractivity contribution in [1.29, 1.82) is 0 Å². The van der Waals surface area contributed by atoms with Gasteiger partial charge in [-0.25, -0.2) is 0 Å². The van der Waals surface area contributed by atoms with Gasteiger partial charge in [-0.05, 0) is 25.0 Å². The standard InChI is InChI=1S/C16H20N2O2/c19-15-13-8-4-5-9-14(13)16(20)18(15)11-10-17-12-6-2-1-3-7-12/h4-5,8-9,12,17H,1-3,6-7,10-11H2. The number of amides is 2. The Hall–Kier alpha value is -1.68. The van der Waals surface area contributed by atoms with Gasteiger partial charge in [0, 0.05) is 19.1 Å². The lowest BCUT2D eigenvalue weighted by Crippen LogP contribution is -2.40. The van der Waals surface area contributed by atoms with Crippen molar-refractivity contribution in [2.75, 3.05) is 13.1 Å². The number of fused-ring (bicyclic) bond motifs is 1. The summed E-state index contributed by atoms with van der Waals surface area (Å²) in [6.45, 7) is 1.15. The molecule has 0 unspecified atom stereocenters. The Kier molecular flexibility index (Phi) is 3.83. The smallest absolute Gasteiger partial charge is 0.261 e. The highest BCUT2D eigenvalue weighted by molar-refractivity contribution is 6.21. The summed E-state index contributed by atoms with van der Waals surface area (Å²) in [5.74, 6) is -0.313. The van der Waals surface area contributed by atoms with Gasteiger partial charge >= 0.3 is 0 Å². The summed E-state index contributed by atoms with van der Waals surface area (Å²) in [6, 6.07) is 7.61. The number of carbonyl (C=O) groups is 2. The first-order valence-corrected chi connectivity index (χ1v) is 7.46. The first-order valence-electron chi connectivity index (χ1n) is 7.46. The van der Waals surface area contributed by atoms with Crippen LogP contribution in [0.2, 0.25) is 0 Å². The van der Waals surface area contributed by atoms with Crippen LogP contribution in [0.1, 0.15) is 52.8 Å². The van der Waals surface area contributed by atoms with Crippen LogP contribution in [0.5, 0.6) is 0 Å². The van der Waals surface area contributed by atoms with Gasteiger partial charge in [0.2, 0.25) is 0 Å². The number of nitrogens with one attached hydrogen (secondary N) is 1. The van der Waals surface area contributed by atoms with Crippen LogP contribution in [-0.2, 0) is 0 Å². The maximum atomic E-state index is 12.2. The summed E-state index contributed by atoms with van der Waals surface area (Å²) in [4.78, 5) is 25.7. The Morgan fingerprint density at radius 3 is 2.20 bits per heavy atom. The highest BCUT2D eigenvalue weighted by Gasteiger charge is 2.34. The van der Waals surface area contributed by atoms with Gasteiger partial charge in [0.05, 0.1) is 11.1 Å². The first-order chi connectivity index (χ1) is 9.77. The molecular weight excluding hydrogens is 252 g/mol. The highest BCUT2D eigenvalue weighted by Crippen LogP contribution is 2.22. The minimum absolute atomic E-state index is 0.156. The molecule has 1 heterocycles. The molecule has 1 saturated carbocycles. The SMILES string of the molecule is O=C1c2ccccc2C(=O)N1CCNC1CCCCC1. The second-order valence-corrected chi connectivity index (χ2v) is 5.60. The predicted molar refractivity (Wildman–Crippen MR) is 76.7 cm³/mol. The Morgan fingerprint density at radius 1 is 1.00 bits per heavy atom. The lowest BCUT2D eigenvalue weighted by Gasteiger charge is -2.24. The van der Waals surface area contributed by atoms with E-state index in [1.54, 1.807) is 24.3 Å². The third-order valence-corrected chi connectivity index (χ3v) is 4.25. The fourth-order valence-corrected chi connectivity index (χ4v) is 3.13. The molecule has 3 rings (SSSR count). The molecule has 106 valence electrons. The molecule has 0 aromatic heterocycles. The molecule has 1 aromatic rings. The maximum absolute atomic E-state index is 12.2. The molecule has 4 nitrogen and oxygen atoms in total. The van der Waals surface area contributed by atoms with Gasteiger partial charge in [0.25, 0.3) is 11.8 Å². The molecule has 4 heteroatoms. The van der Waals surface area contributed by atoms with Crippen molar-refractivity contribution in [3.8, 4) is 0 Å². The Labute approximate surface area is 119 Å². The van der Waals surface area contributed by atoms with Crippen molar-refractivity contribution in [3.63, 3.8) is 0 Å². The fourth-order valence-electron chi connectivity index (χ4n) is 3.13. The number of carbonyl (C=O) groups excluding carboxylic acids is 2. The van der Waals surface area contributed by atoms with E-state index in [-0.39, 0.29) is 11.8 Å². The van der Waals surface area contributed by atoms with Crippen molar-refractivity contribution >= 4 is 11.8 Å². The van der Waals surface area contributed by atoms with E-state index in [2.05, 4.69) is 5.32 Å². The van der Waals surface area contributed by atoms with E-state index in [9.17, 15) is 9.59 Å². The van der Waals surface area contributed by atoms with Crippen LogP contribution in [0, 0.1) is 0 Å². The van der Waals surface area contributed by atoms with E-state index in [1.165, 1.54) is 37.0 Å². The number of rotatable bonds is 4. The zero-order valence-corrected chi connectivity index (χ0v) is 11.6. The Balaban J connectivity index is 1.56. The average Bonchev–Trinajstić information content (AvgIpc) is 2.74. The summed E-state index contributed by atoms with van der Waals surface area (Å²) < 4.78 is 0. The number of hydrogen-bond acceptors (Lipinski definition) is 3. The molecular formula is C16H20N2O2. The van der Waals surface area contributed by atoms with Crippen molar-refractivity contribution in [2.45, 2.75) is 38.1 Å². The zero-order chi connectivity index (χ0) is 13.9. The molecule has 2 amide bonds. The summed E-state index contributed by atoms with van der Waals surface area (Å²) >= 11 is 0. The van der Waals surface area contributed by atoms with Crippen molar-refractivity contribution < 1.29 is 9.59 Å². The fraction of sp³-hybridized carbons (Fsp3) is 0.500. The third kappa shape index (κ3) is 2.48. The molecule has 1 aliphatic carbocycles. The van der Waals surface area contributed by atoms with E-state index < -0.39 is 0 Å². The minimum Gasteiger partial charge on any atom is -0.312 e. The van der Waals surface area contributed by atoms with Crippen molar-refractivity contribution in [2.24, 2.45) is 0 Å². The Morgan fingerprint density at radius 2 is 1.60 bits per heavy atom. The molecule has 1 fully saturated rings. The molecule has 0 atom stereocenters. The van der Waals surface area contributed by atoms with Gasteiger partial charge in [0.1, 0.15) is 0 Å². The van der Waals surface area contributed by atoms with Crippen molar-refractivity contribution in [1.82, 2.24) is 10.2 Å². The van der Waals surface area contributed by atoms with Crippen LogP contribution in [0.4, 0.5) is 0 Å². The van der Waals surface area contributed by atoms with Gasteiger partial charge < -0.3 is 5.32 Å². The summed E-state index contributed by atoms with van der Waals surface area (Å²) in [5.41, 5.74) is 1.07. The Bertz CT molecular complexity index is 486. The van der Waals surface area contributed by atoms with Gasteiger partial charge in [-0.3, -0.25) is 14.5 Å². The molecule has 0 radical (unpaired) electrons. The molecule has 0 spiro atoms. The third-order valence-electron chi connectivity index (χ3n) is 4.25. The molecule has 0 bridgehead atoms. The molecule has 20 heavy (non-hydrogen) atoms. The highest BCUT2D eigenvalue weighted by atomic mass is 16.2. The van der Waals surface area contributed by atoms with Gasteiger partial charge in [-0.2, -0.15) is 0 Å². The van der Waals surface area contributed by atoms with Crippen LogP contribution in [-0.4, -0.2) is 35.8 Å². The van der Waals surface area contributed by atoms with E-state index >= 15 is 0 Å². The van der Waals surface area contributed by atoms with Gasteiger partial charge in [0.15, 0.2) is 0 Å². The van der Waals surface area contributed by atoms with Gasteiger partial charge in [-0.15, -0.1) is 0 Å². The normalized spacial score (nSPS) is 19.5. The number of nitrogens with zero attached hydrogens (tertiary/aromatic N) is 1. The van der Waals surface area contributed by atoms with E-state index in [0.717, 1.165) is 0 Å². The second kappa shape index (κ2) is 5.75. The molecule has 2 aliphatic rings. The van der Waals surface area contributed by atoms with E-state index in [0.29, 0.717) is 30.3 Å².